The molecule has 0 bridgehead atoms. The Balaban J connectivity index is 2.57. The molecule has 0 atom stereocenters. The van der Waals surface area contributed by atoms with Gasteiger partial charge in [0, 0.05) is 17.5 Å². The van der Waals surface area contributed by atoms with Crippen LogP contribution in [0.1, 0.15) is 36.0 Å². The molecular formula is C16H25NO2. The highest BCUT2D eigenvalue weighted by Gasteiger charge is 2.41. The molecule has 0 heterocycles. The molecule has 1 saturated carbocycles. The Morgan fingerprint density at radius 2 is 1.84 bits per heavy atom. The summed E-state index contributed by atoms with van der Waals surface area (Å²) >= 11 is 0. The Kier molecular flexibility index (Phi) is 4.04. The van der Waals surface area contributed by atoms with E-state index in [2.05, 4.69) is 25.2 Å². The van der Waals surface area contributed by atoms with Crippen molar-refractivity contribution in [1.82, 2.24) is 5.32 Å². The van der Waals surface area contributed by atoms with Crippen molar-refractivity contribution in [1.29, 1.82) is 0 Å². The van der Waals surface area contributed by atoms with Crippen molar-refractivity contribution in [2.45, 2.75) is 38.5 Å². The van der Waals surface area contributed by atoms with E-state index in [0.29, 0.717) is 0 Å². The molecule has 1 aromatic rings. The summed E-state index contributed by atoms with van der Waals surface area (Å²) in [5.41, 5.74) is 3.88. The molecule has 0 spiro atoms. The topological polar surface area (TPSA) is 30.5 Å². The fraction of sp³-hybridized carbons (Fsp3) is 0.625. The number of nitrogens with one attached hydrogen (secondary N) is 1. The van der Waals surface area contributed by atoms with Gasteiger partial charge in [0.25, 0.3) is 0 Å². The Morgan fingerprint density at radius 1 is 1.16 bits per heavy atom. The molecule has 19 heavy (non-hydrogen) atoms. The van der Waals surface area contributed by atoms with E-state index in [4.69, 9.17) is 9.47 Å². The fourth-order valence-corrected chi connectivity index (χ4v) is 3.21. The lowest BCUT2D eigenvalue weighted by Gasteiger charge is -2.43. The number of hydrogen-bond acceptors (Lipinski definition) is 3. The summed E-state index contributed by atoms with van der Waals surface area (Å²) in [6.07, 6.45) is 3.73. The predicted octanol–water partition coefficient (Wildman–Crippen LogP) is 2.96. The smallest absolute Gasteiger partial charge is 0.126 e. The molecular weight excluding hydrogens is 238 g/mol. The van der Waals surface area contributed by atoms with Crippen molar-refractivity contribution in [2.75, 3.05) is 27.8 Å². The van der Waals surface area contributed by atoms with Crippen LogP contribution < -0.4 is 14.8 Å². The van der Waals surface area contributed by atoms with Crippen LogP contribution in [0.3, 0.4) is 0 Å². The highest BCUT2D eigenvalue weighted by Crippen LogP contribution is 2.49. The minimum Gasteiger partial charge on any atom is -0.496 e. The molecule has 0 amide bonds. The molecule has 3 heteroatoms. The lowest BCUT2D eigenvalue weighted by molar-refractivity contribution is 0.229. The first-order valence-electron chi connectivity index (χ1n) is 6.97. The fourth-order valence-electron chi connectivity index (χ4n) is 3.21. The number of ether oxygens (including phenoxy) is 2. The van der Waals surface area contributed by atoms with E-state index >= 15 is 0 Å². The number of benzene rings is 1. The Labute approximate surface area is 116 Å². The van der Waals surface area contributed by atoms with Gasteiger partial charge in [0.1, 0.15) is 11.5 Å². The average molecular weight is 263 g/mol. The number of hydrogen-bond donors (Lipinski definition) is 1. The van der Waals surface area contributed by atoms with Crippen molar-refractivity contribution >= 4 is 0 Å². The number of methoxy groups -OCH3 is 2. The minimum absolute atomic E-state index is 0.214. The molecule has 0 saturated heterocycles. The van der Waals surface area contributed by atoms with Gasteiger partial charge in [-0.2, -0.15) is 0 Å². The Morgan fingerprint density at radius 3 is 2.26 bits per heavy atom. The molecule has 1 aromatic carbocycles. The quantitative estimate of drug-likeness (QED) is 0.886. The van der Waals surface area contributed by atoms with Crippen molar-refractivity contribution in [3.8, 4) is 11.5 Å². The van der Waals surface area contributed by atoms with Gasteiger partial charge in [0.05, 0.1) is 14.2 Å². The van der Waals surface area contributed by atoms with Gasteiger partial charge in [-0.15, -0.1) is 0 Å². The third-order valence-electron chi connectivity index (χ3n) is 4.61. The summed E-state index contributed by atoms with van der Waals surface area (Å²) in [6, 6.07) is 2.18. The molecule has 1 aliphatic rings. The summed E-state index contributed by atoms with van der Waals surface area (Å²) in [5.74, 6) is 2.00. The van der Waals surface area contributed by atoms with E-state index in [9.17, 15) is 0 Å². The van der Waals surface area contributed by atoms with E-state index in [1.165, 1.54) is 36.0 Å². The van der Waals surface area contributed by atoms with Gasteiger partial charge in [-0.3, -0.25) is 0 Å². The second kappa shape index (κ2) is 5.41. The SMILES string of the molecule is CNCC1(c2cc(OC)c(C)c(C)c2OC)CCC1. The maximum atomic E-state index is 5.70. The minimum atomic E-state index is 0.214. The van der Waals surface area contributed by atoms with Gasteiger partial charge in [0.2, 0.25) is 0 Å². The maximum absolute atomic E-state index is 5.70. The van der Waals surface area contributed by atoms with E-state index in [-0.39, 0.29) is 5.41 Å². The van der Waals surface area contributed by atoms with Crippen LogP contribution in [0.15, 0.2) is 6.07 Å². The van der Waals surface area contributed by atoms with E-state index in [1.807, 2.05) is 7.05 Å². The van der Waals surface area contributed by atoms with Crippen LogP contribution >= 0.6 is 0 Å². The number of likely N-dealkylation sites (N-methyl/N-ethyl adjacent to an activating group) is 1. The second-order valence-corrected chi connectivity index (χ2v) is 5.57. The van der Waals surface area contributed by atoms with Gasteiger partial charge in [0.15, 0.2) is 0 Å². The van der Waals surface area contributed by atoms with Gasteiger partial charge < -0.3 is 14.8 Å². The van der Waals surface area contributed by atoms with Crippen LogP contribution in [0, 0.1) is 13.8 Å². The third kappa shape index (κ3) is 2.20. The first-order chi connectivity index (χ1) is 9.09. The van der Waals surface area contributed by atoms with E-state index in [1.54, 1.807) is 14.2 Å². The lowest BCUT2D eigenvalue weighted by atomic mass is 9.63. The first kappa shape index (κ1) is 14.2. The predicted molar refractivity (Wildman–Crippen MR) is 78.5 cm³/mol. The van der Waals surface area contributed by atoms with E-state index in [0.717, 1.165) is 18.0 Å². The highest BCUT2D eigenvalue weighted by atomic mass is 16.5. The zero-order valence-corrected chi connectivity index (χ0v) is 12.7. The lowest BCUT2D eigenvalue weighted by Crippen LogP contribution is -2.43. The summed E-state index contributed by atoms with van der Waals surface area (Å²) in [4.78, 5) is 0. The first-order valence-corrected chi connectivity index (χ1v) is 6.97. The molecule has 1 fully saturated rings. The van der Waals surface area contributed by atoms with Crippen molar-refractivity contribution < 1.29 is 9.47 Å². The average Bonchev–Trinajstić information content (AvgIpc) is 2.37. The van der Waals surface area contributed by atoms with Crippen LogP contribution in [-0.2, 0) is 5.41 Å². The molecule has 3 nitrogen and oxygen atoms in total. The van der Waals surface area contributed by atoms with Crippen molar-refractivity contribution in [3.63, 3.8) is 0 Å². The van der Waals surface area contributed by atoms with Crippen molar-refractivity contribution in [2.24, 2.45) is 0 Å². The molecule has 1 aliphatic carbocycles. The number of rotatable bonds is 5. The largest absolute Gasteiger partial charge is 0.496 e. The molecule has 0 radical (unpaired) electrons. The zero-order valence-electron chi connectivity index (χ0n) is 12.7. The standard InChI is InChI=1S/C16H25NO2/c1-11-12(2)15(19-5)13(9-14(11)18-4)16(10-17-3)7-6-8-16/h9,17H,6-8,10H2,1-5H3. The zero-order chi connectivity index (χ0) is 14.0. The molecule has 1 N–H and O–H groups in total. The maximum Gasteiger partial charge on any atom is 0.126 e. The molecule has 2 rings (SSSR count). The van der Waals surface area contributed by atoms with E-state index < -0.39 is 0 Å². The summed E-state index contributed by atoms with van der Waals surface area (Å²) in [7, 11) is 5.53. The van der Waals surface area contributed by atoms with Gasteiger partial charge >= 0.3 is 0 Å². The van der Waals surface area contributed by atoms with Gasteiger partial charge in [-0.25, -0.2) is 0 Å². The molecule has 0 aromatic heterocycles. The van der Waals surface area contributed by atoms with Crippen LogP contribution in [0.2, 0.25) is 0 Å². The normalized spacial score (nSPS) is 16.9. The molecule has 106 valence electrons. The van der Waals surface area contributed by atoms with Crippen LogP contribution in [0.5, 0.6) is 11.5 Å². The molecule has 0 unspecified atom stereocenters. The second-order valence-electron chi connectivity index (χ2n) is 5.57. The third-order valence-corrected chi connectivity index (χ3v) is 4.61. The van der Waals surface area contributed by atoms with Crippen LogP contribution in [-0.4, -0.2) is 27.8 Å². The van der Waals surface area contributed by atoms with Crippen LogP contribution in [0.4, 0.5) is 0 Å². The van der Waals surface area contributed by atoms with Crippen LogP contribution in [0.25, 0.3) is 0 Å². The monoisotopic (exact) mass is 263 g/mol. The molecule has 0 aliphatic heterocycles. The van der Waals surface area contributed by atoms with Gasteiger partial charge in [-0.1, -0.05) is 6.42 Å². The van der Waals surface area contributed by atoms with Crippen molar-refractivity contribution in [3.05, 3.63) is 22.8 Å². The highest BCUT2D eigenvalue weighted by molar-refractivity contribution is 5.56. The Bertz CT molecular complexity index is 464. The summed E-state index contributed by atoms with van der Waals surface area (Å²) in [5, 5.41) is 3.34. The Hall–Kier alpha value is -1.22. The van der Waals surface area contributed by atoms with Gasteiger partial charge in [-0.05, 0) is 50.9 Å². The summed E-state index contributed by atoms with van der Waals surface area (Å²) in [6.45, 7) is 5.20. The summed E-state index contributed by atoms with van der Waals surface area (Å²) < 4.78 is 11.2.